The average molecular weight is 386 g/mol. The summed E-state index contributed by atoms with van der Waals surface area (Å²) in [6.07, 6.45) is 3.71. The Labute approximate surface area is 169 Å². The highest BCUT2D eigenvalue weighted by atomic mass is 16.5. The third-order valence-corrected chi connectivity index (χ3v) is 5.12. The maximum Gasteiger partial charge on any atom is 0.128 e. The van der Waals surface area contributed by atoms with E-state index in [9.17, 15) is 0 Å². The molecule has 2 aromatic heterocycles. The topological polar surface area (TPSA) is 63.3 Å². The zero-order valence-corrected chi connectivity index (χ0v) is 16.0. The number of benzene rings is 2. The summed E-state index contributed by atoms with van der Waals surface area (Å²) in [6, 6.07) is 18.1. The molecule has 0 atom stereocenters. The van der Waals surface area contributed by atoms with Crippen LogP contribution in [0, 0.1) is 0 Å². The second-order valence-corrected chi connectivity index (χ2v) is 7.18. The molecule has 2 aromatic carbocycles. The fourth-order valence-corrected chi connectivity index (χ4v) is 3.58. The molecule has 29 heavy (non-hydrogen) atoms. The van der Waals surface area contributed by atoms with Crippen LogP contribution in [0.4, 0.5) is 0 Å². The zero-order valence-electron chi connectivity index (χ0n) is 16.0. The second kappa shape index (κ2) is 8.03. The number of hydrogen-bond donors (Lipinski definition) is 1. The van der Waals surface area contributed by atoms with E-state index in [1.807, 2.05) is 54.7 Å². The van der Waals surface area contributed by atoms with Gasteiger partial charge in [0, 0.05) is 37.4 Å². The van der Waals surface area contributed by atoms with E-state index in [0.29, 0.717) is 0 Å². The van der Waals surface area contributed by atoms with Crippen molar-refractivity contribution in [3.63, 3.8) is 0 Å². The van der Waals surface area contributed by atoms with E-state index in [0.717, 1.165) is 66.5 Å². The van der Waals surface area contributed by atoms with Gasteiger partial charge in [-0.2, -0.15) is 5.10 Å². The lowest BCUT2D eigenvalue weighted by Gasteiger charge is -2.26. The first-order valence-electron chi connectivity index (χ1n) is 9.80. The molecule has 1 fully saturated rings. The van der Waals surface area contributed by atoms with Crippen LogP contribution in [0.3, 0.4) is 0 Å². The number of fused-ring (bicyclic) bond motifs is 1. The van der Waals surface area contributed by atoms with E-state index in [4.69, 9.17) is 9.47 Å². The maximum absolute atomic E-state index is 6.07. The predicted octanol–water partition coefficient (Wildman–Crippen LogP) is 4.25. The van der Waals surface area contributed by atoms with E-state index < -0.39 is 0 Å². The van der Waals surface area contributed by atoms with Crippen LogP contribution in [0.5, 0.6) is 11.5 Å². The number of rotatable bonds is 5. The lowest BCUT2D eigenvalue weighted by Crippen LogP contribution is -2.35. The van der Waals surface area contributed by atoms with E-state index >= 15 is 0 Å². The number of hydrogen-bond acceptors (Lipinski definition) is 5. The quantitative estimate of drug-likeness (QED) is 0.556. The lowest BCUT2D eigenvalue weighted by atomic mass is 10.1. The Kier molecular flexibility index (Phi) is 4.94. The van der Waals surface area contributed by atoms with E-state index in [1.165, 1.54) is 5.56 Å². The molecule has 6 heteroatoms. The summed E-state index contributed by atoms with van der Waals surface area (Å²) in [5.41, 5.74) is 4.24. The van der Waals surface area contributed by atoms with Gasteiger partial charge in [0.1, 0.15) is 11.5 Å². The standard InChI is InChI=1S/C23H22N4O2/c1-3-20(4-2-18(1)23-7-8-25-26-23)29-21-5-6-22-19(14-21)13-17(15-24-22)16-27-9-11-28-12-10-27/h1-8,13-15H,9-12,16H2,(H,25,26). The molecule has 0 bridgehead atoms. The van der Waals surface area contributed by atoms with E-state index in [1.54, 1.807) is 6.20 Å². The Hall–Kier alpha value is -3.22. The highest BCUT2D eigenvalue weighted by molar-refractivity contribution is 5.80. The predicted molar refractivity (Wildman–Crippen MR) is 112 cm³/mol. The molecule has 1 aliphatic rings. The van der Waals surface area contributed by atoms with Gasteiger partial charge < -0.3 is 9.47 Å². The van der Waals surface area contributed by atoms with Gasteiger partial charge in [0.25, 0.3) is 0 Å². The Bertz CT molecular complexity index is 1090. The summed E-state index contributed by atoms with van der Waals surface area (Å²) in [6.45, 7) is 4.44. The van der Waals surface area contributed by atoms with Crippen LogP contribution in [0.2, 0.25) is 0 Å². The summed E-state index contributed by atoms with van der Waals surface area (Å²) in [5.74, 6) is 1.60. The number of ether oxygens (including phenoxy) is 2. The minimum absolute atomic E-state index is 0.796. The number of nitrogens with zero attached hydrogens (tertiary/aromatic N) is 3. The van der Waals surface area contributed by atoms with Crippen LogP contribution >= 0.6 is 0 Å². The smallest absolute Gasteiger partial charge is 0.128 e. The van der Waals surface area contributed by atoms with Gasteiger partial charge in [-0.3, -0.25) is 15.0 Å². The molecule has 6 nitrogen and oxygen atoms in total. The molecule has 0 amide bonds. The maximum atomic E-state index is 6.07. The van der Waals surface area contributed by atoms with Crippen LogP contribution in [0.1, 0.15) is 5.56 Å². The highest BCUT2D eigenvalue weighted by Gasteiger charge is 2.11. The second-order valence-electron chi connectivity index (χ2n) is 7.18. The number of aromatic amines is 1. The van der Waals surface area contributed by atoms with Crippen LogP contribution < -0.4 is 4.74 Å². The van der Waals surface area contributed by atoms with Crippen molar-refractivity contribution in [3.05, 3.63) is 72.6 Å². The Morgan fingerprint density at radius 1 is 0.966 bits per heavy atom. The van der Waals surface area contributed by atoms with Gasteiger partial charge in [-0.1, -0.05) is 0 Å². The third-order valence-electron chi connectivity index (χ3n) is 5.12. The number of nitrogens with one attached hydrogen (secondary N) is 1. The van der Waals surface area contributed by atoms with Crippen molar-refractivity contribution < 1.29 is 9.47 Å². The molecular formula is C23H22N4O2. The van der Waals surface area contributed by atoms with Gasteiger partial charge in [-0.25, -0.2) is 0 Å². The van der Waals surface area contributed by atoms with Crippen LogP contribution in [0.15, 0.2) is 67.0 Å². The molecule has 1 N–H and O–H groups in total. The summed E-state index contributed by atoms with van der Waals surface area (Å²) in [5, 5.41) is 8.04. The van der Waals surface area contributed by atoms with Gasteiger partial charge >= 0.3 is 0 Å². The molecule has 4 aromatic rings. The largest absolute Gasteiger partial charge is 0.457 e. The van der Waals surface area contributed by atoms with Gasteiger partial charge in [-0.05, 0) is 65.7 Å². The minimum atomic E-state index is 0.796. The number of pyridine rings is 1. The number of H-pyrrole nitrogens is 1. The Balaban J connectivity index is 1.33. The van der Waals surface area contributed by atoms with Crippen LogP contribution in [-0.2, 0) is 11.3 Å². The zero-order chi connectivity index (χ0) is 19.5. The Morgan fingerprint density at radius 3 is 2.59 bits per heavy atom. The lowest BCUT2D eigenvalue weighted by molar-refractivity contribution is 0.0341. The molecule has 0 saturated carbocycles. The summed E-state index contributed by atoms with van der Waals surface area (Å²) >= 11 is 0. The van der Waals surface area contributed by atoms with Crippen molar-refractivity contribution in [2.45, 2.75) is 6.54 Å². The summed E-state index contributed by atoms with van der Waals surface area (Å²) in [4.78, 5) is 7.01. The molecule has 3 heterocycles. The van der Waals surface area contributed by atoms with Gasteiger partial charge in [0.05, 0.1) is 24.4 Å². The van der Waals surface area contributed by atoms with Crippen molar-refractivity contribution in [2.75, 3.05) is 26.3 Å². The normalized spacial score (nSPS) is 14.9. The van der Waals surface area contributed by atoms with Crippen molar-refractivity contribution in [1.82, 2.24) is 20.1 Å². The van der Waals surface area contributed by atoms with E-state index in [2.05, 4.69) is 26.1 Å². The minimum Gasteiger partial charge on any atom is -0.457 e. The molecule has 0 aliphatic carbocycles. The summed E-state index contributed by atoms with van der Waals surface area (Å²) < 4.78 is 11.5. The molecule has 146 valence electrons. The fourth-order valence-electron chi connectivity index (χ4n) is 3.58. The molecule has 0 radical (unpaired) electrons. The molecule has 1 saturated heterocycles. The van der Waals surface area contributed by atoms with E-state index in [-0.39, 0.29) is 0 Å². The molecule has 1 aliphatic heterocycles. The number of morpholine rings is 1. The fraction of sp³-hybridized carbons (Fsp3) is 0.217. The highest BCUT2D eigenvalue weighted by Crippen LogP contribution is 2.27. The first-order valence-corrected chi connectivity index (χ1v) is 9.80. The van der Waals surface area contributed by atoms with Crippen molar-refractivity contribution >= 4 is 10.9 Å². The van der Waals surface area contributed by atoms with Crippen molar-refractivity contribution in [3.8, 4) is 22.8 Å². The van der Waals surface area contributed by atoms with Gasteiger partial charge in [-0.15, -0.1) is 0 Å². The SMILES string of the molecule is c1cc(-c2ccc(Oc3ccc4ncc(CN5CCOCC5)cc4c3)cc2)[nH]n1. The van der Waals surface area contributed by atoms with Crippen molar-refractivity contribution in [1.29, 1.82) is 0 Å². The first kappa shape index (κ1) is 17.8. The molecule has 5 rings (SSSR count). The summed E-state index contributed by atoms with van der Waals surface area (Å²) in [7, 11) is 0. The molecule has 0 unspecified atom stereocenters. The Morgan fingerprint density at radius 2 is 1.79 bits per heavy atom. The third kappa shape index (κ3) is 4.13. The molecule has 0 spiro atoms. The van der Waals surface area contributed by atoms with Crippen molar-refractivity contribution in [2.24, 2.45) is 0 Å². The number of aromatic nitrogens is 3. The van der Waals surface area contributed by atoms with Crippen LogP contribution in [-0.4, -0.2) is 46.4 Å². The molecular weight excluding hydrogens is 364 g/mol. The first-order chi connectivity index (χ1) is 14.3. The van der Waals surface area contributed by atoms with Gasteiger partial charge in [0.15, 0.2) is 0 Å². The average Bonchev–Trinajstić information content (AvgIpc) is 3.30. The van der Waals surface area contributed by atoms with Crippen LogP contribution in [0.25, 0.3) is 22.2 Å². The monoisotopic (exact) mass is 386 g/mol. The van der Waals surface area contributed by atoms with Gasteiger partial charge in [0.2, 0.25) is 0 Å².